The Balaban J connectivity index is 2.38. The minimum Gasteiger partial charge on any atom is -0.478 e. The van der Waals surface area contributed by atoms with Gasteiger partial charge in [0.2, 0.25) is 0 Å². The molecule has 0 amide bonds. The highest BCUT2D eigenvalue weighted by molar-refractivity contribution is 5.91. The van der Waals surface area contributed by atoms with Gasteiger partial charge in [-0.1, -0.05) is 6.07 Å². The number of carboxylic acid groups (broad SMARTS) is 1. The second kappa shape index (κ2) is 4.75. The molecule has 0 bridgehead atoms. The number of carbonyl (C=O) groups is 1. The van der Waals surface area contributed by atoms with Crippen molar-refractivity contribution in [3.05, 3.63) is 29.3 Å². The first kappa shape index (κ1) is 11.9. The number of rotatable bonds is 2. The second-order valence-electron chi connectivity index (χ2n) is 4.50. The summed E-state index contributed by atoms with van der Waals surface area (Å²) in [6, 6.07) is 5.88. The summed E-state index contributed by atoms with van der Waals surface area (Å²) < 4.78 is 0. The fourth-order valence-electron chi connectivity index (χ4n) is 2.37. The molecule has 1 aliphatic rings. The highest BCUT2D eigenvalue weighted by Gasteiger charge is 2.21. The Morgan fingerprint density at radius 2 is 2.29 bits per heavy atom. The minimum atomic E-state index is -0.855. The van der Waals surface area contributed by atoms with Gasteiger partial charge in [-0.05, 0) is 31.5 Å². The summed E-state index contributed by atoms with van der Waals surface area (Å²) in [5.41, 5.74) is 2.29. The molecular weight excluding hydrogens is 216 g/mol. The van der Waals surface area contributed by atoms with Crippen LogP contribution in [-0.2, 0) is 0 Å². The van der Waals surface area contributed by atoms with E-state index >= 15 is 0 Å². The van der Waals surface area contributed by atoms with Crippen LogP contribution in [-0.4, -0.2) is 36.8 Å². The van der Waals surface area contributed by atoms with Crippen molar-refractivity contribution in [1.82, 2.24) is 5.32 Å². The van der Waals surface area contributed by atoms with E-state index in [0.29, 0.717) is 11.6 Å². The molecule has 0 radical (unpaired) electrons. The fourth-order valence-corrected chi connectivity index (χ4v) is 2.37. The van der Waals surface area contributed by atoms with Crippen molar-refractivity contribution in [1.29, 1.82) is 0 Å². The zero-order valence-electron chi connectivity index (χ0n) is 10.2. The Morgan fingerprint density at radius 3 is 2.94 bits per heavy atom. The van der Waals surface area contributed by atoms with Crippen LogP contribution >= 0.6 is 0 Å². The van der Waals surface area contributed by atoms with Gasteiger partial charge in [0.1, 0.15) is 0 Å². The number of aromatic carboxylic acids is 1. The molecular formula is C13H18N2O2. The molecule has 2 N–H and O–H groups in total. The number of benzene rings is 1. The quantitative estimate of drug-likeness (QED) is 0.814. The summed E-state index contributed by atoms with van der Waals surface area (Å²) >= 11 is 0. The minimum absolute atomic E-state index is 0.395. The van der Waals surface area contributed by atoms with Crippen molar-refractivity contribution >= 4 is 11.7 Å². The molecule has 1 aromatic rings. The van der Waals surface area contributed by atoms with Crippen LogP contribution in [0.25, 0.3) is 0 Å². The molecule has 1 aromatic carbocycles. The second-order valence-corrected chi connectivity index (χ2v) is 4.50. The predicted octanol–water partition coefficient (Wildman–Crippen LogP) is 1.49. The zero-order valence-corrected chi connectivity index (χ0v) is 10.2. The maximum Gasteiger partial charge on any atom is 0.336 e. The lowest BCUT2D eigenvalue weighted by Gasteiger charge is -2.37. The molecule has 92 valence electrons. The molecule has 1 unspecified atom stereocenters. The summed E-state index contributed by atoms with van der Waals surface area (Å²) in [6.07, 6.45) is 0. The molecule has 0 aromatic heterocycles. The SMILES string of the molecule is Cc1c(C(=O)O)cccc1N1CCNCC1C. The molecule has 1 saturated heterocycles. The number of hydrogen-bond acceptors (Lipinski definition) is 3. The maximum atomic E-state index is 11.1. The summed E-state index contributed by atoms with van der Waals surface area (Å²) in [5.74, 6) is -0.855. The molecule has 0 aliphatic carbocycles. The van der Waals surface area contributed by atoms with E-state index in [1.54, 1.807) is 6.07 Å². The van der Waals surface area contributed by atoms with Crippen molar-refractivity contribution in [2.45, 2.75) is 19.9 Å². The van der Waals surface area contributed by atoms with E-state index in [0.717, 1.165) is 30.9 Å². The van der Waals surface area contributed by atoms with Crippen LogP contribution in [0.15, 0.2) is 18.2 Å². The normalized spacial score (nSPS) is 20.4. The Labute approximate surface area is 101 Å². The van der Waals surface area contributed by atoms with E-state index in [1.165, 1.54) is 0 Å². The smallest absolute Gasteiger partial charge is 0.336 e. The molecule has 2 rings (SSSR count). The van der Waals surface area contributed by atoms with Gasteiger partial charge >= 0.3 is 5.97 Å². The number of piperazine rings is 1. The summed E-state index contributed by atoms with van der Waals surface area (Å²) in [4.78, 5) is 13.4. The third kappa shape index (κ3) is 2.26. The first-order valence-electron chi connectivity index (χ1n) is 5.91. The van der Waals surface area contributed by atoms with Crippen LogP contribution in [0.4, 0.5) is 5.69 Å². The first-order chi connectivity index (χ1) is 8.11. The van der Waals surface area contributed by atoms with Crippen molar-refractivity contribution < 1.29 is 9.90 Å². The molecule has 4 nitrogen and oxygen atoms in total. The molecule has 17 heavy (non-hydrogen) atoms. The lowest BCUT2D eigenvalue weighted by atomic mass is 10.0. The van der Waals surface area contributed by atoms with Crippen molar-refractivity contribution in [3.8, 4) is 0 Å². The number of nitrogens with one attached hydrogen (secondary N) is 1. The monoisotopic (exact) mass is 234 g/mol. The van der Waals surface area contributed by atoms with Crippen LogP contribution in [0.3, 0.4) is 0 Å². The number of nitrogens with zero attached hydrogens (tertiary/aromatic N) is 1. The third-order valence-corrected chi connectivity index (χ3v) is 3.35. The van der Waals surface area contributed by atoms with Crippen LogP contribution < -0.4 is 10.2 Å². The molecule has 4 heteroatoms. The van der Waals surface area contributed by atoms with Crippen molar-refractivity contribution in [2.24, 2.45) is 0 Å². The Hall–Kier alpha value is -1.55. The van der Waals surface area contributed by atoms with Gasteiger partial charge < -0.3 is 15.3 Å². The van der Waals surface area contributed by atoms with Crippen molar-refractivity contribution in [3.63, 3.8) is 0 Å². The first-order valence-corrected chi connectivity index (χ1v) is 5.91. The lowest BCUT2D eigenvalue weighted by molar-refractivity contribution is 0.0696. The summed E-state index contributed by atoms with van der Waals surface area (Å²) in [6.45, 7) is 6.84. The van der Waals surface area contributed by atoms with Crippen LogP contribution in [0.1, 0.15) is 22.8 Å². The Bertz CT molecular complexity index is 431. The van der Waals surface area contributed by atoms with E-state index < -0.39 is 5.97 Å². The predicted molar refractivity (Wildman–Crippen MR) is 67.8 cm³/mol. The number of anilines is 1. The average Bonchev–Trinajstić information content (AvgIpc) is 2.30. The third-order valence-electron chi connectivity index (χ3n) is 3.35. The molecule has 1 heterocycles. The van der Waals surface area contributed by atoms with E-state index in [2.05, 4.69) is 17.1 Å². The van der Waals surface area contributed by atoms with E-state index in [-0.39, 0.29) is 0 Å². The van der Waals surface area contributed by atoms with Gasteiger partial charge in [0.25, 0.3) is 0 Å². The maximum absolute atomic E-state index is 11.1. The summed E-state index contributed by atoms with van der Waals surface area (Å²) in [7, 11) is 0. The largest absolute Gasteiger partial charge is 0.478 e. The zero-order chi connectivity index (χ0) is 12.4. The van der Waals surface area contributed by atoms with Gasteiger partial charge in [-0.15, -0.1) is 0 Å². The topological polar surface area (TPSA) is 52.6 Å². The van der Waals surface area contributed by atoms with Gasteiger partial charge in [0.05, 0.1) is 5.56 Å². The Morgan fingerprint density at radius 1 is 1.53 bits per heavy atom. The molecule has 1 fully saturated rings. The van der Waals surface area contributed by atoms with Crippen LogP contribution in [0, 0.1) is 6.92 Å². The van der Waals surface area contributed by atoms with Crippen molar-refractivity contribution in [2.75, 3.05) is 24.5 Å². The van der Waals surface area contributed by atoms with Crippen LogP contribution in [0.2, 0.25) is 0 Å². The molecule has 1 aliphatic heterocycles. The molecule has 0 saturated carbocycles. The van der Waals surface area contributed by atoms with Gasteiger partial charge in [-0.25, -0.2) is 4.79 Å². The van der Waals surface area contributed by atoms with Gasteiger partial charge in [0, 0.05) is 31.4 Å². The van der Waals surface area contributed by atoms with E-state index in [4.69, 9.17) is 5.11 Å². The average molecular weight is 234 g/mol. The summed E-state index contributed by atoms with van der Waals surface area (Å²) in [5, 5.41) is 12.5. The van der Waals surface area contributed by atoms with E-state index in [9.17, 15) is 4.79 Å². The number of hydrogen-bond donors (Lipinski definition) is 2. The van der Waals surface area contributed by atoms with Gasteiger partial charge in [-0.3, -0.25) is 0 Å². The van der Waals surface area contributed by atoms with Crippen LogP contribution in [0.5, 0.6) is 0 Å². The number of carboxylic acids is 1. The highest BCUT2D eigenvalue weighted by Crippen LogP contribution is 2.25. The van der Waals surface area contributed by atoms with Gasteiger partial charge in [0.15, 0.2) is 0 Å². The molecule has 1 atom stereocenters. The lowest BCUT2D eigenvalue weighted by Crippen LogP contribution is -2.50. The van der Waals surface area contributed by atoms with Gasteiger partial charge in [-0.2, -0.15) is 0 Å². The highest BCUT2D eigenvalue weighted by atomic mass is 16.4. The Kier molecular flexibility index (Phi) is 3.33. The van der Waals surface area contributed by atoms with E-state index in [1.807, 2.05) is 19.1 Å². The fraction of sp³-hybridized carbons (Fsp3) is 0.462. The standard InChI is InChI=1S/C13H18N2O2/c1-9-8-14-6-7-15(9)12-5-3-4-11(10(12)2)13(16)17/h3-5,9,14H,6-8H2,1-2H3,(H,16,17). The molecule has 0 spiro atoms.